The van der Waals surface area contributed by atoms with Gasteiger partial charge < -0.3 is 16.5 Å². The van der Waals surface area contributed by atoms with Crippen LogP contribution in [0.3, 0.4) is 0 Å². The minimum atomic E-state index is 0.629. The van der Waals surface area contributed by atoms with Gasteiger partial charge in [-0.25, -0.2) is 9.97 Å². The molecular formula is C25H24N6S. The molecule has 3 heterocycles. The molecule has 7 heteroatoms. The quantitative estimate of drug-likeness (QED) is 0.354. The monoisotopic (exact) mass is 440 g/mol. The van der Waals surface area contributed by atoms with E-state index in [2.05, 4.69) is 51.6 Å². The molecule has 0 bridgehead atoms. The Morgan fingerprint density at radius 2 is 1.94 bits per heavy atom. The molecule has 2 aromatic heterocycles. The molecule has 6 nitrogen and oxygen atoms in total. The molecule has 2 aromatic carbocycles. The Kier molecular flexibility index (Phi) is 5.43. The molecule has 32 heavy (non-hydrogen) atoms. The fraction of sp³-hybridized carbons (Fsp3) is 0.160. The number of thiazole rings is 1. The highest BCUT2D eigenvalue weighted by molar-refractivity contribution is 7.22. The van der Waals surface area contributed by atoms with Crippen LogP contribution in [0, 0.1) is 5.41 Å². The van der Waals surface area contributed by atoms with E-state index in [1.165, 1.54) is 22.9 Å². The number of nitrogens with one attached hydrogen (secondary N) is 2. The van der Waals surface area contributed by atoms with E-state index >= 15 is 0 Å². The lowest BCUT2D eigenvalue weighted by atomic mass is 10.1. The number of rotatable bonds is 6. The smallest absolute Gasteiger partial charge is 0.189 e. The van der Waals surface area contributed by atoms with Crippen molar-refractivity contribution >= 4 is 44.3 Å². The molecule has 0 fully saturated rings. The van der Waals surface area contributed by atoms with Gasteiger partial charge in [-0.05, 0) is 53.4 Å². The number of hydrogen-bond donors (Lipinski definition) is 3. The number of nitrogens with two attached hydrogens (primary N) is 1. The average molecular weight is 441 g/mol. The van der Waals surface area contributed by atoms with E-state index in [0.29, 0.717) is 5.70 Å². The zero-order valence-corrected chi connectivity index (χ0v) is 18.6. The molecule has 0 aliphatic carbocycles. The molecule has 1 aliphatic heterocycles. The first kappa shape index (κ1) is 20.4. The lowest BCUT2D eigenvalue weighted by Crippen LogP contribution is -2.15. The van der Waals surface area contributed by atoms with Gasteiger partial charge in [0.2, 0.25) is 0 Å². The molecule has 0 atom stereocenters. The SMILES string of the molecule is C/C(N)=C(/C=N)c1ccc2nc(Nc3cc(CN4Cc5ccccc5C4)ccn3)sc2c1. The van der Waals surface area contributed by atoms with Crippen LogP contribution >= 0.6 is 11.3 Å². The summed E-state index contributed by atoms with van der Waals surface area (Å²) in [5, 5.41) is 11.8. The van der Waals surface area contributed by atoms with Crippen molar-refractivity contribution in [3.63, 3.8) is 0 Å². The third-order valence-electron chi connectivity index (χ3n) is 5.64. The molecule has 0 radical (unpaired) electrons. The largest absolute Gasteiger partial charge is 0.402 e. The Hall–Kier alpha value is -3.55. The number of nitrogens with zero attached hydrogens (tertiary/aromatic N) is 3. The fourth-order valence-electron chi connectivity index (χ4n) is 4.09. The van der Waals surface area contributed by atoms with Crippen molar-refractivity contribution in [2.24, 2.45) is 5.73 Å². The predicted octanol–water partition coefficient (Wildman–Crippen LogP) is 5.29. The van der Waals surface area contributed by atoms with Gasteiger partial charge in [0.05, 0.1) is 10.2 Å². The summed E-state index contributed by atoms with van der Waals surface area (Å²) in [7, 11) is 0. The average Bonchev–Trinajstić information content (AvgIpc) is 3.36. The minimum Gasteiger partial charge on any atom is -0.402 e. The third-order valence-corrected chi connectivity index (χ3v) is 6.57. The van der Waals surface area contributed by atoms with Crippen molar-refractivity contribution in [1.82, 2.24) is 14.9 Å². The van der Waals surface area contributed by atoms with Crippen LogP contribution in [0.1, 0.15) is 29.2 Å². The highest BCUT2D eigenvalue weighted by Crippen LogP contribution is 2.31. The number of fused-ring (bicyclic) bond motifs is 2. The Labute approximate surface area is 191 Å². The van der Waals surface area contributed by atoms with Gasteiger partial charge in [-0.1, -0.05) is 41.7 Å². The zero-order chi connectivity index (χ0) is 22.1. The Morgan fingerprint density at radius 3 is 2.66 bits per heavy atom. The van der Waals surface area contributed by atoms with Crippen molar-refractivity contribution in [3.8, 4) is 0 Å². The maximum absolute atomic E-state index is 7.63. The van der Waals surface area contributed by atoms with E-state index in [1.807, 2.05) is 31.3 Å². The summed E-state index contributed by atoms with van der Waals surface area (Å²) < 4.78 is 1.04. The van der Waals surface area contributed by atoms with Gasteiger partial charge in [-0.15, -0.1) is 0 Å². The number of benzene rings is 2. The Bertz CT molecular complexity index is 1310. The maximum Gasteiger partial charge on any atom is 0.189 e. The Balaban J connectivity index is 1.32. The molecule has 4 N–H and O–H groups in total. The summed E-state index contributed by atoms with van der Waals surface area (Å²) in [6, 6.07) is 18.8. The van der Waals surface area contributed by atoms with E-state index in [-0.39, 0.29) is 0 Å². The molecule has 0 unspecified atom stereocenters. The topological polar surface area (TPSA) is 90.9 Å². The summed E-state index contributed by atoms with van der Waals surface area (Å²) in [5.41, 5.74) is 13.2. The van der Waals surface area contributed by atoms with Crippen LogP contribution in [-0.4, -0.2) is 21.1 Å². The van der Waals surface area contributed by atoms with E-state index in [0.717, 1.165) is 51.9 Å². The van der Waals surface area contributed by atoms with Crippen LogP contribution in [0.5, 0.6) is 0 Å². The van der Waals surface area contributed by atoms with E-state index in [9.17, 15) is 0 Å². The maximum atomic E-state index is 7.63. The highest BCUT2D eigenvalue weighted by Gasteiger charge is 2.18. The molecule has 1 aliphatic rings. The van der Waals surface area contributed by atoms with Gasteiger partial charge in [0.1, 0.15) is 5.82 Å². The summed E-state index contributed by atoms with van der Waals surface area (Å²) in [6.07, 6.45) is 3.14. The van der Waals surface area contributed by atoms with Crippen molar-refractivity contribution in [3.05, 3.63) is 88.7 Å². The fourth-order valence-corrected chi connectivity index (χ4v) is 5.01. The molecule has 5 rings (SSSR count). The molecule has 0 amide bonds. The van der Waals surface area contributed by atoms with Crippen LogP contribution in [-0.2, 0) is 19.6 Å². The van der Waals surface area contributed by atoms with Crippen LogP contribution in [0.2, 0.25) is 0 Å². The van der Waals surface area contributed by atoms with Crippen LogP contribution < -0.4 is 11.1 Å². The standard InChI is InChI=1S/C25H24N6S/c1-16(27)21(12-26)18-6-7-22-23(11-18)32-25(29-22)30-24-10-17(8-9-28-24)13-31-14-19-4-2-3-5-20(19)15-31/h2-12,26H,13-15,27H2,1H3,(H,28,29,30)/b21-16+,26-12?. The Morgan fingerprint density at radius 1 is 1.16 bits per heavy atom. The van der Waals surface area contributed by atoms with Crippen LogP contribution in [0.4, 0.5) is 10.9 Å². The lowest BCUT2D eigenvalue weighted by molar-refractivity contribution is 0.275. The van der Waals surface area contributed by atoms with E-state index in [4.69, 9.17) is 16.1 Å². The molecule has 0 spiro atoms. The second-order valence-corrected chi connectivity index (χ2v) is 9.06. The normalized spacial score (nSPS) is 14.3. The van der Waals surface area contributed by atoms with Crippen molar-refractivity contribution in [1.29, 1.82) is 5.41 Å². The van der Waals surface area contributed by atoms with Crippen molar-refractivity contribution < 1.29 is 0 Å². The number of hydrogen-bond acceptors (Lipinski definition) is 7. The third kappa shape index (κ3) is 4.12. The number of pyridine rings is 1. The summed E-state index contributed by atoms with van der Waals surface area (Å²) in [5.74, 6) is 0.788. The second-order valence-electron chi connectivity index (χ2n) is 8.03. The number of aromatic nitrogens is 2. The van der Waals surface area contributed by atoms with Gasteiger partial charge in [0.25, 0.3) is 0 Å². The van der Waals surface area contributed by atoms with Crippen LogP contribution in [0.15, 0.2) is 66.5 Å². The highest BCUT2D eigenvalue weighted by atomic mass is 32.1. The summed E-state index contributed by atoms with van der Waals surface area (Å²) in [6.45, 7) is 4.65. The van der Waals surface area contributed by atoms with Crippen LogP contribution in [0.25, 0.3) is 15.8 Å². The van der Waals surface area contributed by atoms with E-state index in [1.54, 1.807) is 11.3 Å². The zero-order valence-electron chi connectivity index (χ0n) is 17.8. The first-order chi connectivity index (χ1) is 15.6. The summed E-state index contributed by atoms with van der Waals surface area (Å²) in [4.78, 5) is 11.6. The van der Waals surface area contributed by atoms with Crippen molar-refractivity contribution in [2.45, 2.75) is 26.6 Å². The molecular weight excluding hydrogens is 416 g/mol. The lowest BCUT2D eigenvalue weighted by Gasteiger charge is -2.15. The van der Waals surface area contributed by atoms with Gasteiger partial charge in [0, 0.05) is 43.3 Å². The first-order valence-electron chi connectivity index (χ1n) is 10.5. The number of allylic oxidation sites excluding steroid dienone is 2. The number of anilines is 2. The molecule has 0 saturated carbocycles. The second kappa shape index (κ2) is 8.53. The molecule has 0 saturated heterocycles. The van der Waals surface area contributed by atoms with Gasteiger partial charge in [-0.3, -0.25) is 4.90 Å². The van der Waals surface area contributed by atoms with Crippen molar-refractivity contribution in [2.75, 3.05) is 5.32 Å². The van der Waals surface area contributed by atoms with Gasteiger partial charge in [-0.2, -0.15) is 0 Å². The summed E-state index contributed by atoms with van der Waals surface area (Å²) >= 11 is 1.57. The molecule has 4 aromatic rings. The predicted molar refractivity (Wildman–Crippen MR) is 132 cm³/mol. The molecule has 160 valence electrons. The van der Waals surface area contributed by atoms with E-state index < -0.39 is 0 Å². The van der Waals surface area contributed by atoms with Gasteiger partial charge in [0.15, 0.2) is 5.13 Å². The van der Waals surface area contributed by atoms with Gasteiger partial charge >= 0.3 is 0 Å². The minimum absolute atomic E-state index is 0.629. The first-order valence-corrected chi connectivity index (χ1v) is 11.3.